The monoisotopic (exact) mass is 491 g/mol. The van der Waals surface area contributed by atoms with Crippen LogP contribution in [-0.2, 0) is 11.3 Å². The summed E-state index contributed by atoms with van der Waals surface area (Å²) in [5, 5.41) is 7.54. The van der Waals surface area contributed by atoms with Crippen molar-refractivity contribution in [3.8, 4) is 16.8 Å². The van der Waals surface area contributed by atoms with Crippen molar-refractivity contribution in [2.45, 2.75) is 27.3 Å². The molecule has 0 saturated carbocycles. The number of fused-ring (bicyclic) bond motifs is 2. The number of nitrogens with zero attached hydrogens (tertiary/aromatic N) is 6. The summed E-state index contributed by atoms with van der Waals surface area (Å²) in [5.41, 5.74) is 11.8. The Morgan fingerprint density at radius 3 is 2.76 bits per heavy atom. The quantitative estimate of drug-likeness (QED) is 0.342. The molecule has 10 nitrogen and oxygen atoms in total. The Kier molecular flexibility index (Phi) is 5.48. The molecule has 0 fully saturated rings. The molecule has 0 radical (unpaired) electrons. The van der Waals surface area contributed by atoms with Crippen LogP contribution in [0.2, 0.25) is 0 Å². The Bertz CT molecular complexity index is 1680. The molecule has 6 rings (SSSR count). The number of imidazole rings is 2. The van der Waals surface area contributed by atoms with Crippen LogP contribution >= 0.6 is 0 Å². The van der Waals surface area contributed by atoms with E-state index in [-0.39, 0.29) is 11.8 Å². The van der Waals surface area contributed by atoms with Crippen LogP contribution in [-0.4, -0.2) is 41.1 Å². The van der Waals surface area contributed by atoms with E-state index in [1.165, 1.54) is 0 Å². The van der Waals surface area contributed by atoms with E-state index in [9.17, 15) is 4.79 Å². The van der Waals surface area contributed by atoms with Gasteiger partial charge in [-0.3, -0.25) is 14.8 Å². The van der Waals surface area contributed by atoms with Crippen LogP contribution in [0.4, 0.5) is 5.69 Å². The third kappa shape index (κ3) is 4.22. The van der Waals surface area contributed by atoms with Crippen molar-refractivity contribution < 1.29 is 4.79 Å². The van der Waals surface area contributed by atoms with E-state index in [0.717, 1.165) is 44.7 Å². The van der Waals surface area contributed by atoms with E-state index in [1.54, 1.807) is 31.1 Å². The summed E-state index contributed by atoms with van der Waals surface area (Å²) < 4.78 is 1.92. The normalized spacial score (nSPS) is 12.8. The molecule has 0 aliphatic carbocycles. The number of carbonyl (C=O) groups is 1. The third-order valence-electron chi connectivity index (χ3n) is 6.28. The van der Waals surface area contributed by atoms with Crippen molar-refractivity contribution in [2.24, 2.45) is 11.0 Å². The molecule has 3 N–H and O–H groups in total. The fourth-order valence-electron chi connectivity index (χ4n) is 4.30. The average Bonchev–Trinajstić information content (AvgIpc) is 3.54. The van der Waals surface area contributed by atoms with Gasteiger partial charge in [0, 0.05) is 29.4 Å². The molecule has 0 atom stereocenters. The van der Waals surface area contributed by atoms with Crippen LogP contribution in [0.25, 0.3) is 27.8 Å². The molecule has 1 amide bonds. The maximum Gasteiger partial charge on any atom is 0.226 e. The van der Waals surface area contributed by atoms with Crippen LogP contribution in [0.3, 0.4) is 0 Å². The molecule has 0 bridgehead atoms. The second kappa shape index (κ2) is 8.98. The highest BCUT2D eigenvalue weighted by Gasteiger charge is 2.21. The van der Waals surface area contributed by atoms with Crippen molar-refractivity contribution >= 4 is 28.3 Å². The van der Waals surface area contributed by atoms with Gasteiger partial charge in [0.15, 0.2) is 5.82 Å². The highest BCUT2D eigenvalue weighted by Crippen LogP contribution is 2.28. The molecule has 4 aromatic heterocycles. The number of hydrogen-bond acceptors (Lipinski definition) is 7. The van der Waals surface area contributed by atoms with Crippen LogP contribution in [0.15, 0.2) is 66.7 Å². The number of H-pyrrole nitrogens is 1. The molecule has 5 heterocycles. The lowest BCUT2D eigenvalue weighted by Crippen LogP contribution is -2.22. The molecule has 0 unspecified atom stereocenters. The van der Waals surface area contributed by atoms with Gasteiger partial charge < -0.3 is 20.3 Å². The van der Waals surface area contributed by atoms with E-state index in [0.29, 0.717) is 23.8 Å². The molecule has 0 spiro atoms. The summed E-state index contributed by atoms with van der Waals surface area (Å²) in [6.45, 7) is 6.28. The number of rotatable bonds is 5. The second-order valence-corrected chi connectivity index (χ2v) is 9.34. The van der Waals surface area contributed by atoms with Gasteiger partial charge in [0.1, 0.15) is 11.2 Å². The highest BCUT2D eigenvalue weighted by molar-refractivity contribution is 6.13. The molecule has 184 valence electrons. The number of benzene rings is 1. The first-order valence-corrected chi connectivity index (χ1v) is 12.0. The Morgan fingerprint density at radius 2 is 1.95 bits per heavy atom. The number of aromatic nitrogens is 6. The highest BCUT2D eigenvalue weighted by atomic mass is 16.1. The Hall–Kier alpha value is -4.86. The van der Waals surface area contributed by atoms with Crippen molar-refractivity contribution in [2.75, 3.05) is 5.32 Å². The number of amides is 1. The fourth-order valence-corrected chi connectivity index (χ4v) is 4.30. The van der Waals surface area contributed by atoms with Crippen molar-refractivity contribution in [1.82, 2.24) is 34.9 Å². The number of nitrogens with one attached hydrogen (secondary N) is 3. The SMILES string of the molecule is Cc1cn(-c2cncc3[nH]c(C4=NNCc5ccc(-c6cncc(NC(=O)C(C)C)c6)cc54)nc23)cn1. The number of anilines is 1. The molecule has 1 aromatic carbocycles. The molecule has 1 aliphatic rings. The van der Waals surface area contributed by atoms with Gasteiger partial charge in [-0.2, -0.15) is 5.10 Å². The zero-order chi connectivity index (χ0) is 25.5. The first-order valence-electron chi connectivity index (χ1n) is 12.0. The number of hydrazone groups is 1. The van der Waals surface area contributed by atoms with E-state index < -0.39 is 0 Å². The van der Waals surface area contributed by atoms with E-state index in [1.807, 2.05) is 37.6 Å². The van der Waals surface area contributed by atoms with Crippen molar-refractivity contribution in [3.63, 3.8) is 0 Å². The first kappa shape index (κ1) is 22.6. The van der Waals surface area contributed by atoms with Gasteiger partial charge in [0.05, 0.1) is 54.0 Å². The van der Waals surface area contributed by atoms with Gasteiger partial charge in [0.25, 0.3) is 0 Å². The van der Waals surface area contributed by atoms with Crippen LogP contribution in [0, 0.1) is 12.8 Å². The number of hydrogen-bond donors (Lipinski definition) is 3. The molecule has 5 aromatic rings. The van der Waals surface area contributed by atoms with Crippen molar-refractivity contribution in [1.29, 1.82) is 0 Å². The lowest BCUT2D eigenvalue weighted by Gasteiger charge is -2.18. The van der Waals surface area contributed by atoms with Gasteiger partial charge in [-0.05, 0) is 30.2 Å². The van der Waals surface area contributed by atoms with Crippen LogP contribution < -0.4 is 10.7 Å². The van der Waals surface area contributed by atoms with E-state index in [4.69, 9.17) is 4.98 Å². The fraction of sp³-hybridized carbons (Fsp3) is 0.185. The number of aryl methyl sites for hydroxylation is 1. The number of pyridine rings is 2. The maximum absolute atomic E-state index is 12.2. The third-order valence-corrected chi connectivity index (χ3v) is 6.28. The summed E-state index contributed by atoms with van der Waals surface area (Å²) in [7, 11) is 0. The number of aromatic amines is 1. The first-order chi connectivity index (χ1) is 18.0. The Balaban J connectivity index is 1.39. The van der Waals surface area contributed by atoms with Gasteiger partial charge in [-0.1, -0.05) is 26.0 Å². The maximum atomic E-state index is 12.2. The molecule has 37 heavy (non-hydrogen) atoms. The van der Waals surface area contributed by atoms with E-state index >= 15 is 0 Å². The predicted molar refractivity (Wildman–Crippen MR) is 141 cm³/mol. The minimum Gasteiger partial charge on any atom is -0.335 e. The van der Waals surface area contributed by atoms with Crippen molar-refractivity contribution in [3.05, 3.63) is 84.2 Å². The summed E-state index contributed by atoms with van der Waals surface area (Å²) >= 11 is 0. The standard InChI is InChI=1S/C27H25N9O/c1-15(2)27(37)32-20-6-19(8-28-10-20)17-4-5-18-9-31-35-24(21(18)7-17)26-33-22-11-29-12-23(25(22)34-26)36-13-16(3)30-14-36/h4-8,10-15,31H,9H2,1-3H3,(H,32,37)(H,33,34). The minimum absolute atomic E-state index is 0.0468. The molecule has 1 aliphatic heterocycles. The summed E-state index contributed by atoms with van der Waals surface area (Å²) in [4.78, 5) is 33.5. The lowest BCUT2D eigenvalue weighted by atomic mass is 9.95. The molecular formula is C27H25N9O. The lowest BCUT2D eigenvalue weighted by molar-refractivity contribution is -0.118. The van der Waals surface area contributed by atoms with E-state index in [2.05, 4.69) is 54.0 Å². The van der Waals surface area contributed by atoms with Gasteiger partial charge in [-0.15, -0.1) is 0 Å². The summed E-state index contributed by atoms with van der Waals surface area (Å²) in [6.07, 6.45) is 10.7. The Labute approximate surface area is 212 Å². The van der Waals surface area contributed by atoms with Gasteiger partial charge in [-0.25, -0.2) is 9.97 Å². The molecular weight excluding hydrogens is 466 g/mol. The van der Waals surface area contributed by atoms with Gasteiger partial charge in [0.2, 0.25) is 5.91 Å². The smallest absolute Gasteiger partial charge is 0.226 e. The zero-order valence-corrected chi connectivity index (χ0v) is 20.6. The van der Waals surface area contributed by atoms with Crippen LogP contribution in [0.5, 0.6) is 0 Å². The average molecular weight is 492 g/mol. The predicted octanol–water partition coefficient (Wildman–Crippen LogP) is 3.96. The van der Waals surface area contributed by atoms with Crippen LogP contribution in [0.1, 0.15) is 36.5 Å². The second-order valence-electron chi connectivity index (χ2n) is 9.34. The molecule has 10 heteroatoms. The summed E-state index contributed by atoms with van der Waals surface area (Å²) in [5.74, 6) is 0.480. The topological polar surface area (TPSA) is 126 Å². The minimum atomic E-state index is -0.115. The summed E-state index contributed by atoms with van der Waals surface area (Å²) in [6, 6.07) is 8.15. The Morgan fingerprint density at radius 1 is 1.08 bits per heavy atom. The molecule has 0 saturated heterocycles. The van der Waals surface area contributed by atoms with Gasteiger partial charge >= 0.3 is 0 Å². The largest absolute Gasteiger partial charge is 0.335 e. The number of carbonyl (C=O) groups excluding carboxylic acids is 1. The zero-order valence-electron chi connectivity index (χ0n) is 20.6.